The first-order valence-corrected chi connectivity index (χ1v) is 10.8. The smallest absolute Gasteiger partial charge is 0.265 e. The van der Waals surface area contributed by atoms with Crippen LogP contribution in [0.2, 0.25) is 0 Å². The number of sulfone groups is 1. The number of benzene rings is 3. The molecule has 1 heterocycles. The van der Waals surface area contributed by atoms with Crippen LogP contribution in [0.25, 0.3) is 10.8 Å². The lowest BCUT2D eigenvalue weighted by Crippen LogP contribution is -2.32. The number of hydrogen-bond donors (Lipinski definition) is 0. The highest BCUT2D eigenvalue weighted by Gasteiger charge is 2.36. The molecule has 0 spiro atoms. The number of rotatable bonds is 4. The molecule has 0 aliphatic carbocycles. The molecule has 128 valence electrons. The fourth-order valence-corrected chi connectivity index (χ4v) is 6.20. The van der Waals surface area contributed by atoms with Gasteiger partial charge >= 0.3 is 0 Å². The molecule has 5 nitrogen and oxygen atoms in total. The Morgan fingerprint density at radius 2 is 1.52 bits per heavy atom. The summed E-state index contributed by atoms with van der Waals surface area (Å²) < 4.78 is 51.9. The summed E-state index contributed by atoms with van der Waals surface area (Å²) in [6.45, 7) is -0.118. The van der Waals surface area contributed by atoms with Crippen LogP contribution in [0.5, 0.6) is 0 Å². The highest BCUT2D eigenvalue weighted by Crippen LogP contribution is 2.41. The van der Waals surface area contributed by atoms with Crippen molar-refractivity contribution in [3.63, 3.8) is 0 Å². The lowest BCUT2D eigenvalue weighted by atomic mass is 10.1. The molecule has 3 aromatic carbocycles. The van der Waals surface area contributed by atoms with Gasteiger partial charge in [0.15, 0.2) is 9.84 Å². The molecule has 0 radical (unpaired) electrons. The normalized spacial score (nSPS) is 15.6. The van der Waals surface area contributed by atoms with Gasteiger partial charge in [-0.05, 0) is 29.7 Å². The zero-order chi connectivity index (χ0) is 17.7. The summed E-state index contributed by atoms with van der Waals surface area (Å²) >= 11 is 0. The van der Waals surface area contributed by atoms with Crippen LogP contribution in [0.3, 0.4) is 0 Å². The second kappa shape index (κ2) is 5.57. The van der Waals surface area contributed by atoms with Gasteiger partial charge in [-0.3, -0.25) is 4.31 Å². The summed E-state index contributed by atoms with van der Waals surface area (Å²) in [5.74, 6) is -0.277. The average molecular weight is 373 g/mol. The van der Waals surface area contributed by atoms with Gasteiger partial charge in [-0.2, -0.15) is 0 Å². The SMILES string of the molecule is O=S(=O)(CCN1c2cccc3cccc(c23)S1(=O)=O)c1ccccc1. The Labute approximate surface area is 146 Å². The van der Waals surface area contributed by atoms with Crippen molar-refractivity contribution in [3.05, 3.63) is 66.7 Å². The van der Waals surface area contributed by atoms with Crippen LogP contribution in [-0.4, -0.2) is 29.1 Å². The van der Waals surface area contributed by atoms with E-state index < -0.39 is 19.9 Å². The Kier molecular flexibility index (Phi) is 3.59. The minimum absolute atomic E-state index is 0.118. The maximum Gasteiger partial charge on any atom is 0.265 e. The maximum atomic E-state index is 12.8. The minimum Gasteiger partial charge on any atom is -0.265 e. The van der Waals surface area contributed by atoms with Crippen molar-refractivity contribution in [2.45, 2.75) is 9.79 Å². The van der Waals surface area contributed by atoms with Crippen molar-refractivity contribution in [2.24, 2.45) is 0 Å². The van der Waals surface area contributed by atoms with E-state index in [9.17, 15) is 16.8 Å². The zero-order valence-electron chi connectivity index (χ0n) is 13.2. The lowest BCUT2D eigenvalue weighted by Gasteiger charge is -2.18. The molecule has 0 aromatic heterocycles. The van der Waals surface area contributed by atoms with Gasteiger partial charge in [0, 0.05) is 11.9 Å². The third-order valence-electron chi connectivity index (χ3n) is 4.35. The first kappa shape index (κ1) is 16.1. The van der Waals surface area contributed by atoms with Gasteiger partial charge in [-0.1, -0.05) is 42.5 Å². The van der Waals surface area contributed by atoms with E-state index in [1.807, 2.05) is 12.1 Å². The Morgan fingerprint density at radius 1 is 0.840 bits per heavy atom. The van der Waals surface area contributed by atoms with E-state index in [0.29, 0.717) is 11.1 Å². The minimum atomic E-state index is -3.73. The molecule has 1 aliphatic rings. The van der Waals surface area contributed by atoms with E-state index in [4.69, 9.17) is 0 Å². The summed E-state index contributed by atoms with van der Waals surface area (Å²) in [6, 6.07) is 18.5. The quantitative estimate of drug-likeness (QED) is 0.705. The van der Waals surface area contributed by atoms with Gasteiger partial charge in [0.25, 0.3) is 10.0 Å². The molecule has 0 saturated carbocycles. The average Bonchev–Trinajstić information content (AvgIpc) is 2.83. The second-order valence-electron chi connectivity index (χ2n) is 5.84. The summed E-state index contributed by atoms with van der Waals surface area (Å²) in [5.41, 5.74) is 0.538. The van der Waals surface area contributed by atoms with Crippen LogP contribution in [-0.2, 0) is 19.9 Å². The van der Waals surface area contributed by atoms with Crippen molar-refractivity contribution < 1.29 is 16.8 Å². The molecule has 3 aromatic rings. The van der Waals surface area contributed by atoms with Crippen molar-refractivity contribution >= 4 is 36.3 Å². The van der Waals surface area contributed by atoms with Gasteiger partial charge in [0.2, 0.25) is 0 Å². The van der Waals surface area contributed by atoms with E-state index in [0.717, 1.165) is 5.39 Å². The molecular formula is C18H15NO4S2. The lowest BCUT2D eigenvalue weighted by molar-refractivity contribution is 0.591. The van der Waals surface area contributed by atoms with Crippen molar-refractivity contribution in [3.8, 4) is 0 Å². The Hall–Kier alpha value is -2.38. The monoisotopic (exact) mass is 373 g/mol. The fourth-order valence-electron chi connectivity index (χ4n) is 3.15. The highest BCUT2D eigenvalue weighted by atomic mass is 32.2. The zero-order valence-corrected chi connectivity index (χ0v) is 14.8. The Balaban J connectivity index is 1.72. The van der Waals surface area contributed by atoms with Crippen LogP contribution >= 0.6 is 0 Å². The molecule has 0 amide bonds. The van der Waals surface area contributed by atoms with Crippen molar-refractivity contribution in [1.82, 2.24) is 0 Å². The first-order chi connectivity index (χ1) is 11.9. The molecule has 25 heavy (non-hydrogen) atoms. The maximum absolute atomic E-state index is 12.8. The molecule has 4 rings (SSSR count). The van der Waals surface area contributed by atoms with Crippen LogP contribution in [0, 0.1) is 0 Å². The third kappa shape index (κ3) is 2.51. The second-order valence-corrected chi connectivity index (χ2v) is 9.78. The summed E-state index contributed by atoms with van der Waals surface area (Å²) in [5, 5.41) is 1.48. The van der Waals surface area contributed by atoms with Gasteiger partial charge in [-0.25, -0.2) is 16.8 Å². The summed E-state index contributed by atoms with van der Waals surface area (Å²) in [4.78, 5) is 0.431. The molecule has 0 atom stereocenters. The standard InChI is InChI=1S/C18H15NO4S2/c20-24(21,15-8-2-1-3-9-15)13-12-19-16-10-4-6-14-7-5-11-17(18(14)16)25(19,22)23/h1-11H,12-13H2. The van der Waals surface area contributed by atoms with Crippen LogP contribution in [0.1, 0.15) is 0 Å². The predicted octanol–water partition coefficient (Wildman–Crippen LogP) is 2.82. The molecule has 0 bridgehead atoms. The molecule has 0 saturated heterocycles. The third-order valence-corrected chi connectivity index (χ3v) is 7.91. The molecule has 7 heteroatoms. The molecule has 1 aliphatic heterocycles. The number of nitrogens with zero attached hydrogens (tertiary/aromatic N) is 1. The number of anilines is 1. The van der Waals surface area contributed by atoms with E-state index in [1.165, 1.54) is 16.4 Å². The Bertz CT molecular complexity index is 1160. The molecule has 0 unspecified atom stereocenters. The predicted molar refractivity (Wildman–Crippen MR) is 97.0 cm³/mol. The molecular weight excluding hydrogens is 358 g/mol. The van der Waals surface area contributed by atoms with Crippen LogP contribution < -0.4 is 4.31 Å². The molecule has 0 fully saturated rings. The van der Waals surface area contributed by atoms with Crippen LogP contribution in [0.4, 0.5) is 5.69 Å². The van der Waals surface area contributed by atoms with E-state index in [2.05, 4.69) is 0 Å². The Morgan fingerprint density at radius 3 is 2.24 bits per heavy atom. The van der Waals surface area contributed by atoms with Gasteiger partial charge in [0.1, 0.15) is 0 Å². The van der Waals surface area contributed by atoms with Crippen LogP contribution in [0.15, 0.2) is 76.5 Å². The van der Waals surface area contributed by atoms with Crippen molar-refractivity contribution in [1.29, 1.82) is 0 Å². The summed E-state index contributed by atoms with van der Waals surface area (Å²) in [7, 11) is -7.29. The van der Waals surface area contributed by atoms with E-state index in [-0.39, 0.29) is 22.1 Å². The topological polar surface area (TPSA) is 71.5 Å². The van der Waals surface area contributed by atoms with Gasteiger partial charge in [0.05, 0.1) is 21.2 Å². The largest absolute Gasteiger partial charge is 0.265 e. The fraction of sp³-hybridized carbons (Fsp3) is 0.111. The summed E-state index contributed by atoms with van der Waals surface area (Å²) in [6.07, 6.45) is 0. The van der Waals surface area contributed by atoms with Gasteiger partial charge < -0.3 is 0 Å². The number of sulfonamides is 1. The first-order valence-electron chi connectivity index (χ1n) is 7.73. The molecule has 0 N–H and O–H groups in total. The van der Waals surface area contributed by atoms with Crippen molar-refractivity contribution in [2.75, 3.05) is 16.6 Å². The van der Waals surface area contributed by atoms with E-state index >= 15 is 0 Å². The number of hydrogen-bond acceptors (Lipinski definition) is 4. The van der Waals surface area contributed by atoms with E-state index in [1.54, 1.807) is 42.5 Å². The highest BCUT2D eigenvalue weighted by molar-refractivity contribution is 7.94. The van der Waals surface area contributed by atoms with Gasteiger partial charge in [-0.15, -0.1) is 0 Å².